The monoisotopic (exact) mass is 268 g/mol. The number of hydrogen-bond donors (Lipinski definition) is 0. The van der Waals surface area contributed by atoms with Gasteiger partial charge in [-0.15, -0.1) is 0 Å². The van der Waals surface area contributed by atoms with E-state index in [-0.39, 0.29) is 0 Å². The molecule has 0 atom stereocenters. The summed E-state index contributed by atoms with van der Waals surface area (Å²) in [4.78, 5) is 4.60. The van der Waals surface area contributed by atoms with Gasteiger partial charge >= 0.3 is 0 Å². The minimum Gasteiger partial charge on any atom is -0.618 e. The highest BCUT2D eigenvalue weighted by Crippen LogP contribution is 2.32. The quantitative estimate of drug-likeness (QED) is 0.589. The van der Waals surface area contributed by atoms with Gasteiger partial charge in [0.15, 0.2) is 11.9 Å². The molecule has 4 nitrogen and oxygen atoms in total. The predicted octanol–water partition coefficient (Wildman–Crippen LogP) is 2.59. The molecule has 0 aliphatic carbocycles. The van der Waals surface area contributed by atoms with E-state index in [4.69, 9.17) is 4.74 Å². The number of rotatable bonds is 1. The van der Waals surface area contributed by atoms with Crippen molar-refractivity contribution in [3.05, 3.63) is 64.6 Å². The Labute approximate surface area is 117 Å². The van der Waals surface area contributed by atoms with Gasteiger partial charge < -0.3 is 9.94 Å². The van der Waals surface area contributed by atoms with Crippen molar-refractivity contribution < 1.29 is 9.47 Å². The highest BCUT2D eigenvalue weighted by Gasteiger charge is 2.31. The first-order valence-electron chi connectivity index (χ1n) is 6.55. The third-order valence-electron chi connectivity index (χ3n) is 3.20. The number of aryl methyl sites for hydroxylation is 1. The third-order valence-corrected chi connectivity index (χ3v) is 3.20. The van der Waals surface area contributed by atoms with Crippen LogP contribution >= 0.6 is 0 Å². The first kappa shape index (κ1) is 12.7. The standard InChI is InChI=1S/C16H16N2O2/c1-11-7-8-14-12(10-11)15(17-16(2,3)20-14)13-6-4-5-9-18(13)19/h4-10H,1-3H3. The average molecular weight is 268 g/mol. The van der Waals surface area contributed by atoms with Gasteiger partial charge in [-0.05, 0) is 39.0 Å². The molecule has 0 fully saturated rings. The number of fused-ring (bicyclic) bond motifs is 1. The molecule has 0 N–H and O–H groups in total. The zero-order valence-corrected chi connectivity index (χ0v) is 11.8. The van der Waals surface area contributed by atoms with Crippen molar-refractivity contribution >= 4 is 5.71 Å². The van der Waals surface area contributed by atoms with Crippen molar-refractivity contribution in [2.24, 2.45) is 4.99 Å². The first-order valence-corrected chi connectivity index (χ1v) is 6.55. The number of ether oxygens (including phenoxy) is 1. The second-order valence-electron chi connectivity index (χ2n) is 5.42. The van der Waals surface area contributed by atoms with E-state index < -0.39 is 5.72 Å². The molecular weight excluding hydrogens is 252 g/mol. The molecule has 2 heterocycles. The van der Waals surface area contributed by atoms with Gasteiger partial charge in [0.2, 0.25) is 5.69 Å². The fraction of sp³-hybridized carbons (Fsp3) is 0.250. The summed E-state index contributed by atoms with van der Waals surface area (Å²) in [6, 6.07) is 11.2. The largest absolute Gasteiger partial charge is 0.618 e. The Morgan fingerprint density at radius 3 is 2.75 bits per heavy atom. The lowest BCUT2D eigenvalue weighted by atomic mass is 10.0. The minimum absolute atomic E-state index is 0.538. The average Bonchev–Trinajstić information content (AvgIpc) is 2.38. The maximum Gasteiger partial charge on any atom is 0.242 e. The summed E-state index contributed by atoms with van der Waals surface area (Å²) >= 11 is 0. The molecule has 3 rings (SSSR count). The van der Waals surface area contributed by atoms with Crippen molar-refractivity contribution in [1.82, 2.24) is 0 Å². The highest BCUT2D eigenvalue weighted by atomic mass is 16.5. The number of hydrogen-bond acceptors (Lipinski definition) is 3. The Morgan fingerprint density at radius 2 is 2.00 bits per heavy atom. The first-order chi connectivity index (χ1) is 9.46. The van der Waals surface area contributed by atoms with Crippen molar-refractivity contribution in [3.8, 4) is 5.75 Å². The maximum absolute atomic E-state index is 12.0. The van der Waals surface area contributed by atoms with Crippen LogP contribution in [0.4, 0.5) is 0 Å². The Hall–Kier alpha value is -2.36. The second kappa shape index (κ2) is 4.34. The molecule has 1 aromatic carbocycles. The van der Waals surface area contributed by atoms with E-state index in [9.17, 15) is 5.21 Å². The van der Waals surface area contributed by atoms with Crippen LogP contribution in [0.3, 0.4) is 0 Å². The van der Waals surface area contributed by atoms with Crippen LogP contribution in [-0.2, 0) is 0 Å². The molecule has 0 bridgehead atoms. The molecular formula is C16H16N2O2. The van der Waals surface area contributed by atoms with Crippen LogP contribution in [0.5, 0.6) is 5.75 Å². The fourth-order valence-corrected chi connectivity index (χ4v) is 2.35. The van der Waals surface area contributed by atoms with Gasteiger partial charge in [0.25, 0.3) is 0 Å². The zero-order valence-electron chi connectivity index (χ0n) is 11.8. The smallest absolute Gasteiger partial charge is 0.242 e. The predicted molar refractivity (Wildman–Crippen MR) is 76.9 cm³/mol. The molecule has 0 saturated heterocycles. The van der Waals surface area contributed by atoms with Crippen LogP contribution < -0.4 is 9.47 Å². The summed E-state index contributed by atoms with van der Waals surface area (Å²) in [7, 11) is 0. The molecule has 20 heavy (non-hydrogen) atoms. The van der Waals surface area contributed by atoms with Gasteiger partial charge in [0.1, 0.15) is 11.5 Å². The van der Waals surface area contributed by atoms with E-state index >= 15 is 0 Å². The minimum atomic E-state index is -0.680. The van der Waals surface area contributed by atoms with E-state index in [1.165, 1.54) is 6.20 Å². The molecule has 0 unspecified atom stereocenters. The fourth-order valence-electron chi connectivity index (χ4n) is 2.35. The van der Waals surface area contributed by atoms with E-state index in [2.05, 4.69) is 4.99 Å². The van der Waals surface area contributed by atoms with Crippen LogP contribution in [0.1, 0.15) is 30.7 Å². The molecule has 1 aromatic heterocycles. The Bertz CT molecular complexity index is 705. The SMILES string of the molecule is Cc1ccc2c(c1)C(c1cccc[n+]1[O-])=NC(C)(C)O2. The summed E-state index contributed by atoms with van der Waals surface area (Å²) in [5, 5.41) is 12.0. The Balaban J connectivity index is 2.25. The van der Waals surface area contributed by atoms with Gasteiger partial charge in [-0.1, -0.05) is 11.6 Å². The highest BCUT2D eigenvalue weighted by molar-refractivity contribution is 6.13. The van der Waals surface area contributed by atoms with Crippen molar-refractivity contribution in [2.45, 2.75) is 26.5 Å². The van der Waals surface area contributed by atoms with Gasteiger partial charge in [0.05, 0.1) is 0 Å². The Morgan fingerprint density at radius 1 is 1.20 bits per heavy atom. The lowest BCUT2D eigenvalue weighted by Crippen LogP contribution is -2.39. The van der Waals surface area contributed by atoms with E-state index in [1.807, 2.05) is 45.0 Å². The number of aromatic nitrogens is 1. The molecule has 0 radical (unpaired) electrons. The lowest BCUT2D eigenvalue weighted by molar-refractivity contribution is -0.606. The summed E-state index contributed by atoms with van der Waals surface area (Å²) in [5.41, 5.74) is 2.50. The van der Waals surface area contributed by atoms with Crippen LogP contribution in [0.15, 0.2) is 47.6 Å². The summed E-state index contributed by atoms with van der Waals surface area (Å²) in [6.45, 7) is 5.77. The molecule has 0 spiro atoms. The third kappa shape index (κ3) is 2.13. The molecule has 4 heteroatoms. The molecule has 102 valence electrons. The number of benzene rings is 1. The molecule has 0 amide bonds. The van der Waals surface area contributed by atoms with Crippen LogP contribution in [0.2, 0.25) is 0 Å². The van der Waals surface area contributed by atoms with E-state index in [1.54, 1.807) is 12.1 Å². The topological polar surface area (TPSA) is 48.5 Å². The maximum atomic E-state index is 12.0. The Kier molecular flexibility index (Phi) is 2.74. The molecule has 0 saturated carbocycles. The van der Waals surface area contributed by atoms with Gasteiger partial charge in [-0.3, -0.25) is 0 Å². The van der Waals surface area contributed by atoms with Crippen molar-refractivity contribution in [2.75, 3.05) is 0 Å². The summed E-state index contributed by atoms with van der Waals surface area (Å²) in [6.07, 6.45) is 1.48. The van der Waals surface area contributed by atoms with E-state index in [0.29, 0.717) is 11.4 Å². The molecule has 1 aliphatic rings. The number of pyridine rings is 1. The van der Waals surface area contributed by atoms with Crippen molar-refractivity contribution in [3.63, 3.8) is 0 Å². The normalized spacial score (nSPS) is 16.1. The van der Waals surface area contributed by atoms with Crippen LogP contribution in [0.25, 0.3) is 0 Å². The number of nitrogens with zero attached hydrogens (tertiary/aromatic N) is 2. The molecule has 1 aliphatic heterocycles. The summed E-state index contributed by atoms with van der Waals surface area (Å²) < 4.78 is 6.71. The molecule has 2 aromatic rings. The van der Waals surface area contributed by atoms with Gasteiger partial charge in [-0.25, -0.2) is 4.99 Å². The summed E-state index contributed by atoms with van der Waals surface area (Å²) in [5.74, 6) is 0.759. The second-order valence-corrected chi connectivity index (χ2v) is 5.42. The zero-order chi connectivity index (χ0) is 14.3. The van der Waals surface area contributed by atoms with Crippen molar-refractivity contribution in [1.29, 1.82) is 0 Å². The van der Waals surface area contributed by atoms with Gasteiger partial charge in [-0.2, -0.15) is 4.73 Å². The lowest BCUT2D eigenvalue weighted by Gasteiger charge is -2.29. The van der Waals surface area contributed by atoms with Crippen LogP contribution in [-0.4, -0.2) is 11.4 Å². The number of aliphatic imine (C=N–C) groups is 1. The van der Waals surface area contributed by atoms with E-state index in [0.717, 1.165) is 21.6 Å². The van der Waals surface area contributed by atoms with Crippen LogP contribution in [0, 0.1) is 12.1 Å². The van der Waals surface area contributed by atoms with Gasteiger partial charge in [0, 0.05) is 17.7 Å².